The van der Waals surface area contributed by atoms with Crippen LogP contribution >= 0.6 is 0 Å². The molecular formula is C17H23NO3. The lowest BCUT2D eigenvalue weighted by Crippen LogP contribution is -2.46. The van der Waals surface area contributed by atoms with Crippen molar-refractivity contribution in [3.8, 4) is 0 Å². The van der Waals surface area contributed by atoms with Gasteiger partial charge in [-0.2, -0.15) is 0 Å². The lowest BCUT2D eigenvalue weighted by Gasteiger charge is -2.33. The van der Waals surface area contributed by atoms with E-state index in [0.717, 1.165) is 25.7 Å². The summed E-state index contributed by atoms with van der Waals surface area (Å²) in [5.74, 6) is -1.05. The summed E-state index contributed by atoms with van der Waals surface area (Å²) in [7, 11) is 0. The average molecular weight is 289 g/mol. The van der Waals surface area contributed by atoms with E-state index >= 15 is 0 Å². The van der Waals surface area contributed by atoms with E-state index in [0.29, 0.717) is 0 Å². The number of fused-ring (bicyclic) bond motifs is 1. The second-order valence-corrected chi connectivity index (χ2v) is 5.83. The Morgan fingerprint density at radius 3 is 2.62 bits per heavy atom. The monoisotopic (exact) mass is 289 g/mol. The SMILES string of the molecule is CCC(C)N(CC(=O)O)C(=O)C1CCc2ccccc2C1. The van der Waals surface area contributed by atoms with Crippen molar-refractivity contribution >= 4 is 11.9 Å². The van der Waals surface area contributed by atoms with Gasteiger partial charge in [0.05, 0.1) is 0 Å². The third-order valence-corrected chi connectivity index (χ3v) is 4.41. The van der Waals surface area contributed by atoms with Gasteiger partial charge in [-0.25, -0.2) is 0 Å². The van der Waals surface area contributed by atoms with Crippen LogP contribution in [0.1, 0.15) is 37.8 Å². The fourth-order valence-corrected chi connectivity index (χ4v) is 2.96. The number of aryl methyl sites for hydroxylation is 1. The van der Waals surface area contributed by atoms with Gasteiger partial charge in [0.15, 0.2) is 0 Å². The molecule has 21 heavy (non-hydrogen) atoms. The molecule has 1 aliphatic carbocycles. The van der Waals surface area contributed by atoms with Crippen LogP contribution in [-0.4, -0.2) is 34.5 Å². The molecule has 0 fully saturated rings. The number of carboxylic acid groups (broad SMARTS) is 1. The number of carbonyl (C=O) groups excluding carboxylic acids is 1. The van der Waals surface area contributed by atoms with Crippen molar-refractivity contribution in [3.05, 3.63) is 35.4 Å². The molecule has 0 heterocycles. The Hall–Kier alpha value is -1.84. The summed E-state index contributed by atoms with van der Waals surface area (Å²) >= 11 is 0. The molecular weight excluding hydrogens is 266 g/mol. The summed E-state index contributed by atoms with van der Waals surface area (Å²) < 4.78 is 0. The van der Waals surface area contributed by atoms with E-state index in [1.54, 1.807) is 0 Å². The first-order valence-corrected chi connectivity index (χ1v) is 7.62. The molecule has 0 aromatic heterocycles. The molecule has 0 aliphatic heterocycles. The van der Waals surface area contributed by atoms with Gasteiger partial charge in [-0.3, -0.25) is 9.59 Å². The number of carboxylic acids is 1. The van der Waals surface area contributed by atoms with Crippen molar-refractivity contribution < 1.29 is 14.7 Å². The highest BCUT2D eigenvalue weighted by Crippen LogP contribution is 2.27. The molecule has 0 bridgehead atoms. The molecule has 0 saturated heterocycles. The van der Waals surface area contributed by atoms with Crippen molar-refractivity contribution in [3.63, 3.8) is 0 Å². The van der Waals surface area contributed by atoms with Crippen molar-refractivity contribution in [2.75, 3.05) is 6.54 Å². The zero-order valence-corrected chi connectivity index (χ0v) is 12.7. The molecule has 1 aliphatic rings. The second-order valence-electron chi connectivity index (χ2n) is 5.83. The number of carbonyl (C=O) groups is 2. The minimum absolute atomic E-state index is 0.0127. The van der Waals surface area contributed by atoms with E-state index in [1.807, 2.05) is 26.0 Å². The van der Waals surface area contributed by atoms with Crippen LogP contribution in [0.5, 0.6) is 0 Å². The van der Waals surface area contributed by atoms with Crippen LogP contribution in [0.2, 0.25) is 0 Å². The molecule has 2 atom stereocenters. The standard InChI is InChI=1S/C17H23NO3/c1-3-12(2)18(11-16(19)20)17(21)15-9-8-13-6-4-5-7-14(13)10-15/h4-7,12,15H,3,8-11H2,1-2H3,(H,19,20). The first kappa shape index (κ1) is 15.5. The van der Waals surface area contributed by atoms with Crippen LogP contribution < -0.4 is 0 Å². The fraction of sp³-hybridized carbons (Fsp3) is 0.529. The largest absolute Gasteiger partial charge is 0.480 e. The Bertz CT molecular complexity index is 527. The van der Waals surface area contributed by atoms with Gasteiger partial charge in [0.1, 0.15) is 6.54 Å². The highest BCUT2D eigenvalue weighted by molar-refractivity contribution is 5.83. The van der Waals surface area contributed by atoms with E-state index in [2.05, 4.69) is 12.1 Å². The van der Waals surface area contributed by atoms with E-state index in [1.165, 1.54) is 16.0 Å². The van der Waals surface area contributed by atoms with Crippen molar-refractivity contribution in [1.29, 1.82) is 0 Å². The molecule has 0 radical (unpaired) electrons. The maximum Gasteiger partial charge on any atom is 0.323 e. The molecule has 0 saturated carbocycles. The van der Waals surface area contributed by atoms with Gasteiger partial charge in [0.25, 0.3) is 0 Å². The van der Waals surface area contributed by atoms with Gasteiger partial charge in [-0.05, 0) is 43.7 Å². The van der Waals surface area contributed by atoms with Crippen LogP contribution in [0, 0.1) is 5.92 Å². The lowest BCUT2D eigenvalue weighted by molar-refractivity contribution is -0.148. The van der Waals surface area contributed by atoms with E-state index in [4.69, 9.17) is 5.11 Å². The molecule has 1 amide bonds. The Kier molecular flexibility index (Phi) is 4.99. The van der Waals surface area contributed by atoms with Gasteiger partial charge in [-0.1, -0.05) is 31.2 Å². The molecule has 4 nitrogen and oxygen atoms in total. The first-order valence-electron chi connectivity index (χ1n) is 7.62. The van der Waals surface area contributed by atoms with Crippen LogP contribution in [0.25, 0.3) is 0 Å². The minimum atomic E-state index is -0.945. The van der Waals surface area contributed by atoms with Crippen LogP contribution in [0.4, 0.5) is 0 Å². The molecule has 4 heteroatoms. The molecule has 1 N–H and O–H groups in total. The van der Waals surface area contributed by atoms with E-state index in [9.17, 15) is 9.59 Å². The normalized spacial score (nSPS) is 18.7. The summed E-state index contributed by atoms with van der Waals surface area (Å²) in [5.41, 5.74) is 2.54. The summed E-state index contributed by atoms with van der Waals surface area (Å²) in [4.78, 5) is 25.3. The van der Waals surface area contributed by atoms with Crippen molar-refractivity contribution in [2.24, 2.45) is 5.92 Å². The molecule has 114 valence electrons. The Balaban J connectivity index is 2.13. The zero-order valence-electron chi connectivity index (χ0n) is 12.7. The minimum Gasteiger partial charge on any atom is -0.480 e. The highest BCUT2D eigenvalue weighted by Gasteiger charge is 2.31. The fourth-order valence-electron chi connectivity index (χ4n) is 2.96. The maximum absolute atomic E-state index is 12.7. The number of rotatable bonds is 5. The number of hydrogen-bond donors (Lipinski definition) is 1. The first-order chi connectivity index (χ1) is 10.0. The molecule has 1 aromatic carbocycles. The van der Waals surface area contributed by atoms with E-state index in [-0.39, 0.29) is 24.4 Å². The Morgan fingerprint density at radius 1 is 1.33 bits per heavy atom. The molecule has 1 aromatic rings. The predicted octanol–water partition coefficient (Wildman–Crippen LogP) is 2.50. The predicted molar refractivity (Wildman–Crippen MR) is 81.1 cm³/mol. The number of benzene rings is 1. The third-order valence-electron chi connectivity index (χ3n) is 4.41. The lowest BCUT2D eigenvalue weighted by atomic mass is 9.83. The Labute approximate surface area is 125 Å². The maximum atomic E-state index is 12.7. The summed E-state index contributed by atoms with van der Waals surface area (Å²) in [6, 6.07) is 8.16. The smallest absolute Gasteiger partial charge is 0.323 e. The molecule has 2 unspecified atom stereocenters. The topological polar surface area (TPSA) is 57.6 Å². The van der Waals surface area contributed by atoms with Crippen molar-refractivity contribution in [2.45, 2.75) is 45.6 Å². The van der Waals surface area contributed by atoms with E-state index < -0.39 is 5.97 Å². The zero-order chi connectivity index (χ0) is 15.4. The van der Waals surface area contributed by atoms with Gasteiger partial charge in [0, 0.05) is 12.0 Å². The summed E-state index contributed by atoms with van der Waals surface area (Å²) in [6.07, 6.45) is 3.19. The van der Waals surface area contributed by atoms with Crippen LogP contribution in [0.15, 0.2) is 24.3 Å². The second kappa shape index (κ2) is 6.74. The Morgan fingerprint density at radius 2 is 2.00 bits per heavy atom. The van der Waals surface area contributed by atoms with Crippen LogP contribution in [-0.2, 0) is 22.4 Å². The molecule has 0 spiro atoms. The number of aliphatic carboxylic acids is 1. The molecule has 2 rings (SSSR count). The van der Waals surface area contributed by atoms with Gasteiger partial charge >= 0.3 is 5.97 Å². The van der Waals surface area contributed by atoms with Gasteiger partial charge in [-0.15, -0.1) is 0 Å². The van der Waals surface area contributed by atoms with Gasteiger partial charge in [0.2, 0.25) is 5.91 Å². The average Bonchev–Trinajstić information content (AvgIpc) is 2.50. The number of amides is 1. The summed E-state index contributed by atoms with van der Waals surface area (Å²) in [5, 5.41) is 9.04. The number of hydrogen-bond acceptors (Lipinski definition) is 2. The van der Waals surface area contributed by atoms with Crippen molar-refractivity contribution in [1.82, 2.24) is 4.90 Å². The summed E-state index contributed by atoms with van der Waals surface area (Å²) in [6.45, 7) is 3.69. The van der Waals surface area contributed by atoms with Gasteiger partial charge < -0.3 is 10.0 Å². The quantitative estimate of drug-likeness (QED) is 0.906. The number of nitrogens with zero attached hydrogens (tertiary/aromatic N) is 1. The van der Waals surface area contributed by atoms with Crippen LogP contribution in [0.3, 0.4) is 0 Å². The highest BCUT2D eigenvalue weighted by atomic mass is 16.4. The third kappa shape index (κ3) is 3.63.